The number of aliphatic hydroxyl groups excluding tert-OH is 1. The molecule has 0 aliphatic heterocycles. The second-order valence-corrected chi connectivity index (χ2v) is 4.78. The predicted molar refractivity (Wildman–Crippen MR) is 79.2 cm³/mol. The maximum absolute atomic E-state index is 13.6. The van der Waals surface area contributed by atoms with Crippen molar-refractivity contribution < 1.29 is 18.6 Å². The summed E-state index contributed by atoms with van der Waals surface area (Å²) in [4.78, 5) is 0. The first kappa shape index (κ1) is 15.1. The van der Waals surface area contributed by atoms with Crippen LogP contribution in [0.15, 0.2) is 42.5 Å². The summed E-state index contributed by atoms with van der Waals surface area (Å²) in [5.74, 6) is -0.937. The molecule has 23 heavy (non-hydrogen) atoms. The van der Waals surface area contributed by atoms with E-state index in [0.717, 1.165) is 18.2 Å². The Morgan fingerprint density at radius 2 is 1.83 bits per heavy atom. The molecule has 3 rings (SSSR count). The molecular weight excluding hydrogens is 304 g/mol. The molecule has 0 bridgehead atoms. The zero-order valence-corrected chi connectivity index (χ0v) is 12.2. The molecule has 1 N–H and O–H groups in total. The van der Waals surface area contributed by atoms with Crippen LogP contribution in [0.2, 0.25) is 0 Å². The Balaban J connectivity index is 2.26. The number of ether oxygens (including phenoxy) is 1. The van der Waals surface area contributed by atoms with Crippen molar-refractivity contribution >= 4 is 0 Å². The van der Waals surface area contributed by atoms with E-state index in [2.05, 4.69) is 10.3 Å². The summed E-state index contributed by atoms with van der Waals surface area (Å²) in [7, 11) is 1.50. The summed E-state index contributed by atoms with van der Waals surface area (Å²) in [6, 6.07) is 10.1. The topological polar surface area (TPSA) is 60.2 Å². The first-order valence-electron chi connectivity index (χ1n) is 6.79. The van der Waals surface area contributed by atoms with Gasteiger partial charge in [-0.1, -0.05) is 17.3 Å². The van der Waals surface area contributed by atoms with Gasteiger partial charge in [0.15, 0.2) is 0 Å². The van der Waals surface area contributed by atoms with Gasteiger partial charge in [0.25, 0.3) is 0 Å². The van der Waals surface area contributed by atoms with E-state index >= 15 is 0 Å². The highest BCUT2D eigenvalue weighted by Gasteiger charge is 2.19. The molecule has 0 saturated heterocycles. The molecule has 3 aromatic rings. The number of halogens is 2. The lowest BCUT2D eigenvalue weighted by Crippen LogP contribution is -2.03. The van der Waals surface area contributed by atoms with Crippen molar-refractivity contribution in [3.63, 3.8) is 0 Å². The van der Waals surface area contributed by atoms with Gasteiger partial charge < -0.3 is 9.84 Å². The maximum atomic E-state index is 13.6. The van der Waals surface area contributed by atoms with Crippen molar-refractivity contribution in [3.8, 4) is 22.7 Å². The predicted octanol–water partition coefficient (Wildman–Crippen LogP) is 2.71. The fraction of sp³-hybridized carbons (Fsp3) is 0.125. The highest BCUT2D eigenvalue weighted by atomic mass is 19.1. The molecule has 0 aliphatic carbocycles. The molecule has 0 radical (unpaired) electrons. The lowest BCUT2D eigenvalue weighted by molar-refractivity contribution is 0.277. The van der Waals surface area contributed by atoms with E-state index in [-0.39, 0.29) is 11.3 Å². The first-order valence-corrected chi connectivity index (χ1v) is 6.79. The number of hydrogen-bond donors (Lipinski definition) is 1. The van der Waals surface area contributed by atoms with E-state index in [1.54, 1.807) is 24.3 Å². The Morgan fingerprint density at radius 1 is 1.13 bits per heavy atom. The SMILES string of the molecule is COc1ccccc1-n1nnc(CO)c1-c1cc(F)cc(F)c1. The standard InChI is InChI=1S/C16H13F2N3O2/c1-23-15-5-3-2-4-14(15)21-16(13(9-22)19-20-21)10-6-11(17)8-12(18)7-10/h2-8,22H,9H2,1H3. The monoisotopic (exact) mass is 317 g/mol. The minimum Gasteiger partial charge on any atom is -0.494 e. The molecule has 0 amide bonds. The van der Waals surface area contributed by atoms with Crippen LogP contribution in [0.25, 0.3) is 16.9 Å². The zero-order valence-electron chi connectivity index (χ0n) is 12.2. The van der Waals surface area contributed by atoms with E-state index < -0.39 is 18.2 Å². The van der Waals surface area contributed by atoms with Gasteiger partial charge in [-0.05, 0) is 24.3 Å². The number of hydrogen-bond acceptors (Lipinski definition) is 4. The Hall–Kier alpha value is -2.80. The van der Waals surface area contributed by atoms with Crippen LogP contribution in [0, 0.1) is 11.6 Å². The number of para-hydroxylation sites is 2. The van der Waals surface area contributed by atoms with Gasteiger partial charge in [-0.2, -0.15) is 0 Å². The van der Waals surface area contributed by atoms with Crippen LogP contribution in [0.5, 0.6) is 5.75 Å². The van der Waals surface area contributed by atoms with Gasteiger partial charge in [0.05, 0.1) is 13.7 Å². The van der Waals surface area contributed by atoms with Crippen LogP contribution >= 0.6 is 0 Å². The maximum Gasteiger partial charge on any atom is 0.144 e. The van der Waals surface area contributed by atoms with Gasteiger partial charge in [0.2, 0.25) is 0 Å². The quantitative estimate of drug-likeness (QED) is 0.804. The largest absolute Gasteiger partial charge is 0.494 e. The van der Waals surface area contributed by atoms with E-state index in [0.29, 0.717) is 17.1 Å². The van der Waals surface area contributed by atoms with Crippen LogP contribution in [-0.2, 0) is 6.61 Å². The molecule has 0 saturated carbocycles. The minimum absolute atomic E-state index is 0.209. The van der Waals surface area contributed by atoms with Crippen LogP contribution in [0.1, 0.15) is 5.69 Å². The van der Waals surface area contributed by atoms with Gasteiger partial charge in [0.1, 0.15) is 34.5 Å². The van der Waals surface area contributed by atoms with Crippen LogP contribution in [0.4, 0.5) is 8.78 Å². The molecule has 7 heteroatoms. The second kappa shape index (κ2) is 6.13. The Bertz CT molecular complexity index is 829. The molecule has 1 heterocycles. The summed E-state index contributed by atoms with van der Waals surface area (Å²) < 4.78 is 33.8. The van der Waals surface area contributed by atoms with Gasteiger partial charge in [-0.3, -0.25) is 0 Å². The lowest BCUT2D eigenvalue weighted by Gasteiger charge is -2.11. The number of rotatable bonds is 4. The van der Waals surface area contributed by atoms with E-state index in [9.17, 15) is 13.9 Å². The summed E-state index contributed by atoms with van der Waals surface area (Å²) in [5, 5.41) is 17.3. The van der Waals surface area contributed by atoms with Crippen LogP contribution in [0.3, 0.4) is 0 Å². The third kappa shape index (κ3) is 2.78. The molecule has 5 nitrogen and oxygen atoms in total. The van der Waals surface area contributed by atoms with E-state index in [4.69, 9.17) is 4.74 Å². The average Bonchev–Trinajstić information content (AvgIpc) is 2.97. The van der Waals surface area contributed by atoms with Gasteiger partial charge in [-0.15, -0.1) is 5.10 Å². The van der Waals surface area contributed by atoms with Crippen molar-refractivity contribution in [1.29, 1.82) is 0 Å². The van der Waals surface area contributed by atoms with Crippen LogP contribution in [-0.4, -0.2) is 27.2 Å². The van der Waals surface area contributed by atoms with Crippen molar-refractivity contribution in [2.75, 3.05) is 7.11 Å². The summed E-state index contributed by atoms with van der Waals surface area (Å²) in [5.41, 5.74) is 1.28. The smallest absolute Gasteiger partial charge is 0.144 e. The van der Waals surface area contributed by atoms with E-state index in [1.165, 1.54) is 11.8 Å². The fourth-order valence-electron chi connectivity index (χ4n) is 2.37. The van der Waals surface area contributed by atoms with Gasteiger partial charge >= 0.3 is 0 Å². The molecule has 0 fully saturated rings. The molecule has 2 aromatic carbocycles. The zero-order chi connectivity index (χ0) is 16.4. The number of aliphatic hydroxyl groups is 1. The molecule has 0 unspecified atom stereocenters. The lowest BCUT2D eigenvalue weighted by atomic mass is 10.1. The van der Waals surface area contributed by atoms with Crippen molar-refractivity contribution in [2.45, 2.75) is 6.61 Å². The van der Waals surface area contributed by atoms with Crippen molar-refractivity contribution in [1.82, 2.24) is 15.0 Å². The molecule has 0 atom stereocenters. The number of aromatic nitrogens is 3. The van der Waals surface area contributed by atoms with Crippen molar-refractivity contribution in [2.24, 2.45) is 0 Å². The third-order valence-corrected chi connectivity index (χ3v) is 3.34. The molecule has 0 aliphatic rings. The molecule has 0 spiro atoms. The number of nitrogens with zero attached hydrogens (tertiary/aromatic N) is 3. The normalized spacial score (nSPS) is 10.8. The first-order chi connectivity index (χ1) is 11.1. The highest BCUT2D eigenvalue weighted by Crippen LogP contribution is 2.30. The second-order valence-electron chi connectivity index (χ2n) is 4.78. The fourth-order valence-corrected chi connectivity index (χ4v) is 2.37. The summed E-state index contributed by atoms with van der Waals surface area (Å²) >= 11 is 0. The highest BCUT2D eigenvalue weighted by molar-refractivity contribution is 5.65. The summed E-state index contributed by atoms with van der Waals surface area (Å²) in [6.45, 7) is -0.414. The minimum atomic E-state index is -0.725. The molecule has 1 aromatic heterocycles. The van der Waals surface area contributed by atoms with Crippen molar-refractivity contribution in [3.05, 3.63) is 59.8 Å². The third-order valence-electron chi connectivity index (χ3n) is 3.34. The molecular formula is C16H13F2N3O2. The average molecular weight is 317 g/mol. The van der Waals surface area contributed by atoms with Gasteiger partial charge in [0, 0.05) is 11.6 Å². The number of methoxy groups -OCH3 is 1. The Morgan fingerprint density at radius 3 is 2.48 bits per heavy atom. The Kier molecular flexibility index (Phi) is 4.03. The Labute approximate surface area is 130 Å². The summed E-state index contributed by atoms with van der Waals surface area (Å²) in [6.07, 6.45) is 0. The molecule has 118 valence electrons. The van der Waals surface area contributed by atoms with Crippen LogP contribution < -0.4 is 4.74 Å². The van der Waals surface area contributed by atoms with Gasteiger partial charge in [-0.25, -0.2) is 13.5 Å². The van der Waals surface area contributed by atoms with E-state index in [1.807, 2.05) is 0 Å². The number of benzene rings is 2.